The molecule has 0 amide bonds. The Balaban J connectivity index is 2.17. The first-order valence-electron chi connectivity index (χ1n) is 4.90. The van der Waals surface area contributed by atoms with Crippen LogP contribution in [-0.2, 0) is 14.3 Å². The summed E-state index contributed by atoms with van der Waals surface area (Å²) in [6, 6.07) is 0. The van der Waals surface area contributed by atoms with E-state index < -0.39 is 4.87 Å². The van der Waals surface area contributed by atoms with Crippen LogP contribution in [0.4, 0.5) is 0 Å². The number of carbonyl (C=O) groups is 2. The van der Waals surface area contributed by atoms with Crippen LogP contribution in [0.1, 0.15) is 32.6 Å². The zero-order chi connectivity index (χ0) is 10.6. The number of ketones is 2. The number of hydrogen-bond donors (Lipinski definition) is 0. The van der Waals surface area contributed by atoms with Crippen molar-refractivity contribution in [2.24, 2.45) is 0 Å². The van der Waals surface area contributed by atoms with Crippen LogP contribution in [-0.4, -0.2) is 29.7 Å². The van der Waals surface area contributed by atoms with Gasteiger partial charge in [0.25, 0.3) is 0 Å². The summed E-state index contributed by atoms with van der Waals surface area (Å²) < 4.78 is 5.02. The fourth-order valence-corrected chi connectivity index (χ4v) is 1.31. The minimum absolute atomic E-state index is 0.0312. The van der Waals surface area contributed by atoms with E-state index in [1.54, 1.807) is 0 Å². The first kappa shape index (κ1) is 11.7. The molecule has 1 aliphatic rings. The molecular formula is C10H15ClO3. The molecule has 0 heterocycles. The van der Waals surface area contributed by atoms with E-state index in [0.717, 1.165) is 0 Å². The van der Waals surface area contributed by atoms with Gasteiger partial charge in [-0.2, -0.15) is 0 Å². The standard InChI is InChI=1S/C10H15ClO3/c1-2-14-6-3-8(12)7-9(13)10(11)4-5-10/h2-7H2,1H3. The Hall–Kier alpha value is -0.410. The SMILES string of the molecule is CCOCCC(=O)CC(=O)C1(Cl)CC1. The summed E-state index contributed by atoms with van der Waals surface area (Å²) in [7, 11) is 0. The number of hydrogen-bond acceptors (Lipinski definition) is 3. The number of Topliss-reactive ketones (excluding diaryl/α,β-unsaturated/α-hetero) is 2. The van der Waals surface area contributed by atoms with Crippen molar-refractivity contribution < 1.29 is 14.3 Å². The van der Waals surface area contributed by atoms with Crippen molar-refractivity contribution in [3.63, 3.8) is 0 Å². The van der Waals surface area contributed by atoms with Crippen LogP contribution in [0.2, 0.25) is 0 Å². The van der Waals surface area contributed by atoms with Crippen LogP contribution >= 0.6 is 11.6 Å². The van der Waals surface area contributed by atoms with Crippen molar-refractivity contribution in [1.82, 2.24) is 0 Å². The van der Waals surface area contributed by atoms with Crippen molar-refractivity contribution in [2.75, 3.05) is 13.2 Å². The quantitative estimate of drug-likeness (QED) is 0.371. The van der Waals surface area contributed by atoms with Gasteiger partial charge in [0.05, 0.1) is 13.0 Å². The van der Waals surface area contributed by atoms with Gasteiger partial charge in [0.1, 0.15) is 10.7 Å². The zero-order valence-corrected chi connectivity index (χ0v) is 9.10. The maximum absolute atomic E-state index is 11.4. The van der Waals surface area contributed by atoms with Gasteiger partial charge in [-0.15, -0.1) is 11.6 Å². The molecule has 80 valence electrons. The van der Waals surface area contributed by atoms with Crippen molar-refractivity contribution in [3.8, 4) is 0 Å². The van der Waals surface area contributed by atoms with Gasteiger partial charge in [0.15, 0.2) is 5.78 Å². The van der Waals surface area contributed by atoms with Crippen molar-refractivity contribution in [1.29, 1.82) is 0 Å². The average Bonchev–Trinajstić information content (AvgIpc) is 2.85. The van der Waals surface area contributed by atoms with Crippen LogP contribution in [0.25, 0.3) is 0 Å². The Morgan fingerprint density at radius 2 is 2.07 bits per heavy atom. The Morgan fingerprint density at radius 3 is 2.57 bits per heavy atom. The van der Waals surface area contributed by atoms with Gasteiger partial charge < -0.3 is 4.74 Å². The normalized spacial score (nSPS) is 17.9. The van der Waals surface area contributed by atoms with Crippen LogP contribution in [0.5, 0.6) is 0 Å². The second-order valence-electron chi connectivity index (χ2n) is 3.55. The number of ether oxygens (including phenoxy) is 1. The molecule has 0 unspecified atom stereocenters. The number of halogens is 1. The third-order valence-corrected chi connectivity index (χ3v) is 2.86. The van der Waals surface area contributed by atoms with Crippen LogP contribution in [0, 0.1) is 0 Å². The minimum atomic E-state index is -0.693. The van der Waals surface area contributed by atoms with Crippen LogP contribution in [0.15, 0.2) is 0 Å². The van der Waals surface area contributed by atoms with Gasteiger partial charge in [-0.1, -0.05) is 0 Å². The van der Waals surface area contributed by atoms with Crippen LogP contribution < -0.4 is 0 Å². The maximum Gasteiger partial charge on any atom is 0.161 e. The summed E-state index contributed by atoms with van der Waals surface area (Å²) in [5, 5.41) is 0. The largest absolute Gasteiger partial charge is 0.381 e. The second kappa shape index (κ2) is 4.89. The van der Waals surface area contributed by atoms with E-state index in [1.807, 2.05) is 6.92 Å². The highest BCUT2D eigenvalue weighted by molar-refractivity contribution is 6.38. The van der Waals surface area contributed by atoms with Gasteiger partial charge in [-0.05, 0) is 19.8 Å². The van der Waals surface area contributed by atoms with Gasteiger partial charge in [-0.3, -0.25) is 9.59 Å². The fourth-order valence-electron chi connectivity index (χ4n) is 1.14. The van der Waals surface area contributed by atoms with Crippen molar-refractivity contribution in [2.45, 2.75) is 37.5 Å². The van der Waals surface area contributed by atoms with E-state index in [9.17, 15) is 9.59 Å². The lowest BCUT2D eigenvalue weighted by Crippen LogP contribution is -2.20. The molecule has 3 nitrogen and oxygen atoms in total. The minimum Gasteiger partial charge on any atom is -0.381 e. The first-order valence-corrected chi connectivity index (χ1v) is 5.28. The molecule has 0 atom stereocenters. The third kappa shape index (κ3) is 3.39. The summed E-state index contributed by atoms with van der Waals surface area (Å²) in [4.78, 5) is 21.9. The Kier molecular flexibility index (Phi) is 4.08. The highest BCUT2D eigenvalue weighted by Crippen LogP contribution is 2.44. The summed E-state index contributed by atoms with van der Waals surface area (Å²) >= 11 is 5.87. The maximum atomic E-state index is 11.4. The van der Waals surface area contributed by atoms with E-state index in [1.165, 1.54) is 0 Å². The lowest BCUT2D eigenvalue weighted by atomic mass is 10.1. The molecule has 0 N–H and O–H groups in total. The molecule has 0 aromatic heterocycles. The third-order valence-electron chi connectivity index (χ3n) is 2.28. The fraction of sp³-hybridized carbons (Fsp3) is 0.800. The smallest absolute Gasteiger partial charge is 0.161 e. The molecule has 0 spiro atoms. The summed E-state index contributed by atoms with van der Waals surface area (Å²) in [5.41, 5.74) is 0. The van der Waals surface area contributed by atoms with E-state index in [2.05, 4.69) is 0 Å². The molecule has 0 aliphatic heterocycles. The average molecular weight is 219 g/mol. The molecule has 14 heavy (non-hydrogen) atoms. The molecule has 4 heteroatoms. The van der Waals surface area contributed by atoms with Crippen molar-refractivity contribution in [3.05, 3.63) is 0 Å². The molecule has 0 aromatic carbocycles. The van der Waals surface area contributed by atoms with Gasteiger partial charge in [0, 0.05) is 13.0 Å². The Labute approximate surface area is 88.8 Å². The molecule has 0 radical (unpaired) electrons. The topological polar surface area (TPSA) is 43.4 Å². The molecule has 0 aromatic rings. The molecule has 1 rings (SSSR count). The first-order chi connectivity index (χ1) is 6.58. The summed E-state index contributed by atoms with van der Waals surface area (Å²) in [6.45, 7) is 2.87. The number of rotatable bonds is 7. The van der Waals surface area contributed by atoms with Crippen molar-refractivity contribution >= 4 is 23.2 Å². The molecule has 0 bridgehead atoms. The Bertz CT molecular complexity index is 234. The van der Waals surface area contributed by atoms with E-state index in [-0.39, 0.29) is 18.0 Å². The molecule has 0 saturated heterocycles. The Morgan fingerprint density at radius 1 is 1.43 bits per heavy atom. The molecular weight excluding hydrogens is 204 g/mol. The lowest BCUT2D eigenvalue weighted by Gasteiger charge is -2.04. The summed E-state index contributed by atoms with van der Waals surface area (Å²) in [5.74, 6) is -0.198. The predicted octanol–water partition coefficient (Wildman–Crippen LogP) is 1.71. The van der Waals surface area contributed by atoms with Gasteiger partial charge in [-0.25, -0.2) is 0 Å². The van der Waals surface area contributed by atoms with E-state index in [4.69, 9.17) is 16.3 Å². The van der Waals surface area contributed by atoms with Gasteiger partial charge in [0.2, 0.25) is 0 Å². The summed E-state index contributed by atoms with van der Waals surface area (Å²) in [6.07, 6.45) is 1.71. The molecule has 1 aliphatic carbocycles. The zero-order valence-electron chi connectivity index (χ0n) is 8.35. The second-order valence-corrected chi connectivity index (χ2v) is 4.27. The monoisotopic (exact) mass is 218 g/mol. The highest BCUT2D eigenvalue weighted by Gasteiger charge is 2.47. The van der Waals surface area contributed by atoms with Gasteiger partial charge >= 0.3 is 0 Å². The molecule has 1 saturated carbocycles. The van der Waals surface area contributed by atoms with E-state index >= 15 is 0 Å². The van der Waals surface area contributed by atoms with E-state index in [0.29, 0.717) is 32.5 Å². The highest BCUT2D eigenvalue weighted by atomic mass is 35.5. The number of alkyl halides is 1. The lowest BCUT2D eigenvalue weighted by molar-refractivity contribution is -0.127. The molecule has 1 fully saturated rings. The predicted molar refractivity (Wildman–Crippen MR) is 53.6 cm³/mol. The van der Waals surface area contributed by atoms with Crippen LogP contribution in [0.3, 0.4) is 0 Å². The number of carbonyl (C=O) groups excluding carboxylic acids is 2.